The number of hydrogen-bond donors (Lipinski definition) is 1. The number of likely N-dealkylation sites (tertiary alicyclic amines) is 1. The summed E-state index contributed by atoms with van der Waals surface area (Å²) in [6.07, 6.45) is 5.59. The summed E-state index contributed by atoms with van der Waals surface area (Å²) in [6, 6.07) is 0.757. The predicted molar refractivity (Wildman–Crippen MR) is 84.4 cm³/mol. The second-order valence-electron chi connectivity index (χ2n) is 6.05. The van der Waals surface area contributed by atoms with Crippen molar-refractivity contribution < 1.29 is 4.79 Å². The molecule has 21 heavy (non-hydrogen) atoms. The van der Waals surface area contributed by atoms with E-state index in [-0.39, 0.29) is 11.9 Å². The van der Waals surface area contributed by atoms with E-state index in [1.54, 1.807) is 12.4 Å². The molecule has 0 unspecified atom stereocenters. The molecule has 1 saturated heterocycles. The molecule has 3 atom stereocenters. The minimum atomic E-state index is -0.147. The lowest BCUT2D eigenvalue weighted by atomic mass is 10.2. The van der Waals surface area contributed by atoms with E-state index in [4.69, 9.17) is 0 Å². The highest BCUT2D eigenvalue weighted by atomic mass is 16.2. The predicted octanol–water partition coefficient (Wildman–Crippen LogP) is 1.74. The van der Waals surface area contributed by atoms with Crippen molar-refractivity contribution in [2.45, 2.75) is 51.7 Å². The van der Waals surface area contributed by atoms with E-state index in [0.29, 0.717) is 23.7 Å². The average molecular weight is 291 g/mol. The van der Waals surface area contributed by atoms with Gasteiger partial charge in [0.15, 0.2) is 0 Å². The van der Waals surface area contributed by atoms with E-state index < -0.39 is 0 Å². The molecule has 1 aromatic rings. The second-order valence-corrected chi connectivity index (χ2v) is 6.05. The highest BCUT2D eigenvalue weighted by molar-refractivity contribution is 5.94. The van der Waals surface area contributed by atoms with Crippen LogP contribution in [0.2, 0.25) is 0 Å². The van der Waals surface area contributed by atoms with Gasteiger partial charge < -0.3 is 10.2 Å². The zero-order valence-corrected chi connectivity index (χ0v) is 13.5. The van der Waals surface area contributed by atoms with Crippen LogP contribution in [-0.4, -0.2) is 53.0 Å². The average Bonchev–Trinajstić information content (AvgIpc) is 2.78. The first-order valence-electron chi connectivity index (χ1n) is 7.47. The maximum absolute atomic E-state index is 12.4. The summed E-state index contributed by atoms with van der Waals surface area (Å²) in [6.45, 7) is 6.33. The molecule has 1 amide bonds. The summed E-state index contributed by atoms with van der Waals surface area (Å²) in [5.41, 5.74) is 0.636. The first kappa shape index (κ1) is 15.7. The van der Waals surface area contributed by atoms with Crippen LogP contribution in [-0.2, 0) is 4.79 Å². The number of nitrogens with one attached hydrogen (secondary N) is 1. The summed E-state index contributed by atoms with van der Waals surface area (Å²) in [7, 11) is 3.76. The lowest BCUT2D eigenvalue weighted by Crippen LogP contribution is -2.46. The van der Waals surface area contributed by atoms with Gasteiger partial charge in [-0.3, -0.25) is 9.69 Å². The zero-order valence-electron chi connectivity index (χ0n) is 13.5. The van der Waals surface area contributed by atoms with Crippen LogP contribution in [0.1, 0.15) is 33.6 Å². The fourth-order valence-corrected chi connectivity index (χ4v) is 2.98. The minimum Gasteiger partial charge on any atom is -0.347 e. The molecular weight excluding hydrogens is 266 g/mol. The quantitative estimate of drug-likeness (QED) is 0.915. The third-order valence-electron chi connectivity index (χ3n) is 4.15. The monoisotopic (exact) mass is 291 g/mol. The van der Waals surface area contributed by atoms with Gasteiger partial charge in [-0.25, -0.2) is 9.97 Å². The number of anilines is 2. The molecule has 116 valence electrons. The molecule has 0 radical (unpaired) electrons. The Morgan fingerprint density at radius 2 is 1.81 bits per heavy atom. The Bertz CT molecular complexity index is 477. The number of hydrogen-bond acceptors (Lipinski definition) is 5. The van der Waals surface area contributed by atoms with Crippen LogP contribution in [0.25, 0.3) is 0 Å². The number of nitrogens with zero attached hydrogens (tertiary/aromatic N) is 4. The number of carbonyl (C=O) groups is 1. The molecule has 0 bridgehead atoms. The summed E-state index contributed by atoms with van der Waals surface area (Å²) in [5, 5.41) is 2.90. The van der Waals surface area contributed by atoms with Gasteiger partial charge in [0.1, 0.15) is 0 Å². The molecule has 1 aliphatic heterocycles. The third kappa shape index (κ3) is 3.50. The van der Waals surface area contributed by atoms with Crippen LogP contribution < -0.4 is 10.2 Å². The van der Waals surface area contributed by atoms with Gasteiger partial charge in [0.25, 0.3) is 0 Å². The largest absolute Gasteiger partial charge is 0.347 e. The van der Waals surface area contributed by atoms with Crippen LogP contribution in [0.5, 0.6) is 0 Å². The number of aromatic nitrogens is 2. The van der Waals surface area contributed by atoms with Crippen LogP contribution in [0.4, 0.5) is 11.6 Å². The zero-order chi connectivity index (χ0) is 15.6. The van der Waals surface area contributed by atoms with E-state index >= 15 is 0 Å². The molecule has 0 aliphatic carbocycles. The molecule has 1 fully saturated rings. The third-order valence-corrected chi connectivity index (χ3v) is 4.15. The normalized spacial score (nSPS) is 23.9. The topological polar surface area (TPSA) is 61.4 Å². The van der Waals surface area contributed by atoms with Crippen molar-refractivity contribution in [2.75, 3.05) is 24.3 Å². The second kappa shape index (κ2) is 6.39. The molecule has 0 aromatic carbocycles. The van der Waals surface area contributed by atoms with Crippen molar-refractivity contribution in [3.8, 4) is 0 Å². The van der Waals surface area contributed by atoms with Crippen molar-refractivity contribution in [3.05, 3.63) is 12.4 Å². The van der Waals surface area contributed by atoms with Crippen LogP contribution in [0.3, 0.4) is 0 Å². The maximum atomic E-state index is 12.4. The minimum absolute atomic E-state index is 0.00296. The van der Waals surface area contributed by atoms with Gasteiger partial charge in [0, 0.05) is 26.2 Å². The van der Waals surface area contributed by atoms with Crippen LogP contribution in [0.15, 0.2) is 12.4 Å². The first-order chi connectivity index (χ1) is 9.90. The Hall–Kier alpha value is -1.69. The molecule has 1 aliphatic rings. The fourth-order valence-electron chi connectivity index (χ4n) is 2.98. The summed E-state index contributed by atoms with van der Waals surface area (Å²) in [5.74, 6) is 0.625. The summed E-state index contributed by atoms with van der Waals surface area (Å²) in [4.78, 5) is 24.9. The molecule has 1 aromatic heterocycles. The molecule has 2 rings (SSSR count). The first-order valence-corrected chi connectivity index (χ1v) is 7.47. The van der Waals surface area contributed by atoms with Gasteiger partial charge in [0.05, 0.1) is 24.1 Å². The highest BCUT2D eigenvalue weighted by Gasteiger charge is 2.34. The van der Waals surface area contributed by atoms with Crippen molar-refractivity contribution in [3.63, 3.8) is 0 Å². The lowest BCUT2D eigenvalue weighted by molar-refractivity contribution is -0.121. The number of carbonyl (C=O) groups excluding carboxylic acids is 1. The van der Waals surface area contributed by atoms with Crippen LogP contribution >= 0.6 is 0 Å². The molecule has 6 heteroatoms. The van der Waals surface area contributed by atoms with Crippen LogP contribution in [0, 0.1) is 0 Å². The van der Waals surface area contributed by atoms with Gasteiger partial charge in [-0.2, -0.15) is 0 Å². The Kier molecular flexibility index (Phi) is 4.77. The molecule has 2 heterocycles. The maximum Gasteiger partial charge on any atom is 0.241 e. The molecule has 0 spiro atoms. The van der Waals surface area contributed by atoms with Gasteiger partial charge in [0.2, 0.25) is 11.9 Å². The molecular formula is C15H25N5O. The van der Waals surface area contributed by atoms with Crippen molar-refractivity contribution >= 4 is 17.5 Å². The van der Waals surface area contributed by atoms with Crippen molar-refractivity contribution in [2.24, 2.45) is 0 Å². The van der Waals surface area contributed by atoms with Gasteiger partial charge in [-0.15, -0.1) is 0 Å². The van der Waals surface area contributed by atoms with Gasteiger partial charge >= 0.3 is 0 Å². The molecule has 1 N–H and O–H groups in total. The Morgan fingerprint density at radius 1 is 1.29 bits per heavy atom. The van der Waals surface area contributed by atoms with E-state index in [1.165, 1.54) is 0 Å². The van der Waals surface area contributed by atoms with Crippen molar-refractivity contribution in [1.29, 1.82) is 0 Å². The Balaban J connectivity index is 2.00. The van der Waals surface area contributed by atoms with E-state index in [2.05, 4.69) is 34.0 Å². The fraction of sp³-hybridized carbons (Fsp3) is 0.667. The SMILES string of the molecule is C[C@@H]1CC[C@@H](C)N1[C@H](C)C(=O)Nc1cnc(N(C)C)nc1. The number of rotatable bonds is 4. The van der Waals surface area contributed by atoms with E-state index in [1.807, 2.05) is 25.9 Å². The summed E-state index contributed by atoms with van der Waals surface area (Å²) < 4.78 is 0. The van der Waals surface area contributed by atoms with E-state index in [0.717, 1.165) is 12.8 Å². The Labute approximate surface area is 126 Å². The smallest absolute Gasteiger partial charge is 0.241 e. The van der Waals surface area contributed by atoms with E-state index in [9.17, 15) is 4.79 Å². The highest BCUT2D eigenvalue weighted by Crippen LogP contribution is 2.26. The van der Waals surface area contributed by atoms with Gasteiger partial charge in [-0.05, 0) is 33.6 Å². The summed E-state index contributed by atoms with van der Waals surface area (Å²) >= 11 is 0. The molecule has 6 nitrogen and oxygen atoms in total. The Morgan fingerprint density at radius 3 is 2.29 bits per heavy atom. The lowest BCUT2D eigenvalue weighted by Gasteiger charge is -2.31. The molecule has 0 saturated carbocycles. The van der Waals surface area contributed by atoms with Gasteiger partial charge in [-0.1, -0.05) is 0 Å². The van der Waals surface area contributed by atoms with Crippen molar-refractivity contribution in [1.82, 2.24) is 14.9 Å². The number of amides is 1. The standard InChI is InChI=1S/C15H25N5O/c1-10-6-7-11(2)20(10)12(3)14(21)18-13-8-16-15(17-9-13)19(4)5/h8-12H,6-7H2,1-5H3,(H,18,21)/t10-,11-,12-/m1/s1.